The Labute approximate surface area is 211 Å². The van der Waals surface area contributed by atoms with Crippen molar-refractivity contribution >= 4 is 38.1 Å². The van der Waals surface area contributed by atoms with Gasteiger partial charge in [0, 0.05) is 12.5 Å². The van der Waals surface area contributed by atoms with Crippen molar-refractivity contribution in [3.8, 4) is 23.0 Å². The van der Waals surface area contributed by atoms with E-state index in [1.807, 2.05) is 0 Å². The molecule has 0 unspecified atom stereocenters. The zero-order valence-corrected chi connectivity index (χ0v) is 21.9. The van der Waals surface area contributed by atoms with Crippen LogP contribution in [0.4, 0.5) is 0 Å². The van der Waals surface area contributed by atoms with Gasteiger partial charge in [0.2, 0.25) is 0 Å². The molecule has 0 heterocycles. The van der Waals surface area contributed by atoms with Crippen LogP contribution in [0.2, 0.25) is 0 Å². The Bertz CT molecular complexity index is 1470. The molecule has 0 aliphatic rings. The Balaban J connectivity index is 1.40. The van der Waals surface area contributed by atoms with Crippen LogP contribution >= 0.6 is 7.80 Å². The molecule has 0 spiro atoms. The minimum Gasteiger partial charge on any atom is -0.457 e. The monoisotopic (exact) mass is 541 g/mol. The van der Waals surface area contributed by atoms with Crippen LogP contribution in [0.3, 0.4) is 0 Å². The summed E-state index contributed by atoms with van der Waals surface area (Å²) in [6.07, 6.45) is 2.29. The van der Waals surface area contributed by atoms with Gasteiger partial charge in [-0.1, -0.05) is 4.57 Å². The lowest BCUT2D eigenvalue weighted by molar-refractivity contribution is 0.482. The Hall–Kier alpha value is -3.52. The van der Waals surface area contributed by atoms with Crippen molar-refractivity contribution in [2.45, 2.75) is 9.79 Å². The van der Waals surface area contributed by atoms with Gasteiger partial charge in [0.25, 0.3) is 0 Å². The van der Waals surface area contributed by atoms with Gasteiger partial charge in [-0.2, -0.15) is 0 Å². The zero-order chi connectivity index (χ0) is 25.9. The first-order valence-electron chi connectivity index (χ1n) is 10.6. The summed E-state index contributed by atoms with van der Waals surface area (Å²) in [6.45, 7) is 0. The molecule has 0 saturated heterocycles. The Morgan fingerprint density at radius 2 is 0.722 bits per heavy atom. The summed E-state index contributed by atoms with van der Waals surface area (Å²) in [5.74, 6) is 2.03. The summed E-state index contributed by atoms with van der Waals surface area (Å²) >= 11 is 0. The fourth-order valence-electron chi connectivity index (χ4n) is 3.23. The third-order valence-electron chi connectivity index (χ3n) is 5.12. The highest BCUT2D eigenvalue weighted by Gasteiger charge is 2.23. The fraction of sp³-hybridized carbons (Fsp3) is 0.0769. The number of rotatable bonds is 8. The number of benzene rings is 4. The van der Waals surface area contributed by atoms with E-state index < -0.39 is 27.5 Å². The summed E-state index contributed by atoms with van der Waals surface area (Å²) in [5, 5.41) is 1.24. The predicted molar refractivity (Wildman–Crippen MR) is 139 cm³/mol. The highest BCUT2D eigenvalue weighted by molar-refractivity contribution is 7.91. The molecule has 0 bridgehead atoms. The fourth-order valence-corrected chi connectivity index (χ4v) is 5.63. The first kappa shape index (κ1) is 25.6. The molecule has 4 aromatic rings. The molecule has 184 valence electrons. The van der Waals surface area contributed by atoms with Gasteiger partial charge >= 0.3 is 7.80 Å². The minimum atomic E-state index is -3.28. The van der Waals surface area contributed by atoms with Crippen LogP contribution in [-0.2, 0) is 24.2 Å². The van der Waals surface area contributed by atoms with E-state index in [-0.39, 0.29) is 9.79 Å². The van der Waals surface area contributed by atoms with E-state index in [0.29, 0.717) is 33.6 Å². The molecule has 0 fully saturated rings. The van der Waals surface area contributed by atoms with Gasteiger partial charge < -0.3 is 9.47 Å². The van der Waals surface area contributed by atoms with Crippen LogP contribution in [0.25, 0.3) is 0 Å². The number of hydrogen-bond acceptors (Lipinski definition) is 7. The van der Waals surface area contributed by atoms with E-state index in [1.54, 1.807) is 72.8 Å². The first-order valence-corrected chi connectivity index (χ1v) is 15.7. The predicted octanol–water partition coefficient (Wildman–Crippen LogP) is 4.86. The summed E-state index contributed by atoms with van der Waals surface area (Å²) < 4.78 is 70.8. The topological polar surface area (TPSA) is 104 Å². The summed E-state index contributed by atoms with van der Waals surface area (Å²) in [4.78, 5) is 0.423. The largest absolute Gasteiger partial charge is 0.457 e. The molecule has 0 atom stereocenters. The van der Waals surface area contributed by atoms with Crippen LogP contribution in [0.1, 0.15) is 0 Å². The van der Waals surface area contributed by atoms with E-state index in [0.717, 1.165) is 12.5 Å². The van der Waals surface area contributed by atoms with E-state index >= 15 is 0 Å². The SMILES string of the molecule is CS(=O)(=O)c1ccc(Oc2ccc([P+](=O)c3ccc(Oc4ccc(S(C)(=O)=O)cc4)cc3)cc2)cc1. The maximum atomic E-state index is 13.0. The summed E-state index contributed by atoms with van der Waals surface area (Å²) in [7, 11) is -8.39. The van der Waals surface area contributed by atoms with Crippen LogP contribution < -0.4 is 20.1 Å². The quantitative estimate of drug-likeness (QED) is 0.294. The van der Waals surface area contributed by atoms with Gasteiger partial charge in [-0.25, -0.2) is 16.8 Å². The Morgan fingerprint density at radius 1 is 0.472 bits per heavy atom. The molecule has 4 aromatic carbocycles. The normalized spacial score (nSPS) is 11.6. The van der Waals surface area contributed by atoms with Gasteiger partial charge in [0.15, 0.2) is 30.3 Å². The maximum Gasteiger partial charge on any atom is 0.415 e. The van der Waals surface area contributed by atoms with Crippen molar-refractivity contribution in [1.82, 2.24) is 0 Å². The van der Waals surface area contributed by atoms with Crippen molar-refractivity contribution in [1.29, 1.82) is 0 Å². The number of sulfone groups is 2. The lowest BCUT2D eigenvalue weighted by Crippen LogP contribution is -2.06. The molecule has 0 aromatic heterocycles. The van der Waals surface area contributed by atoms with Crippen molar-refractivity contribution in [3.63, 3.8) is 0 Å². The highest BCUT2D eigenvalue weighted by Crippen LogP contribution is 2.27. The van der Waals surface area contributed by atoms with Gasteiger partial charge in [0.1, 0.15) is 23.0 Å². The molecule has 7 nitrogen and oxygen atoms in total. The molecular formula is C26H22O7PS2+. The highest BCUT2D eigenvalue weighted by atomic mass is 32.2. The van der Waals surface area contributed by atoms with Crippen molar-refractivity contribution < 1.29 is 30.9 Å². The van der Waals surface area contributed by atoms with E-state index in [2.05, 4.69) is 0 Å². The van der Waals surface area contributed by atoms with Crippen LogP contribution in [0, 0.1) is 0 Å². The smallest absolute Gasteiger partial charge is 0.415 e. The van der Waals surface area contributed by atoms with Crippen LogP contribution in [-0.4, -0.2) is 29.3 Å². The third-order valence-corrected chi connectivity index (χ3v) is 8.91. The molecule has 0 aliphatic carbocycles. The molecular weight excluding hydrogens is 519 g/mol. The summed E-state index contributed by atoms with van der Waals surface area (Å²) in [6, 6.07) is 25.9. The second-order valence-electron chi connectivity index (χ2n) is 7.97. The Kier molecular flexibility index (Phi) is 7.26. The Morgan fingerprint density at radius 3 is 0.972 bits per heavy atom. The van der Waals surface area contributed by atoms with Crippen molar-refractivity contribution in [3.05, 3.63) is 97.1 Å². The van der Waals surface area contributed by atoms with Gasteiger partial charge in [-0.05, 0) is 97.1 Å². The molecule has 0 amide bonds. The second kappa shape index (κ2) is 10.2. The van der Waals surface area contributed by atoms with Crippen LogP contribution in [0.15, 0.2) is 107 Å². The van der Waals surface area contributed by atoms with E-state index in [1.165, 1.54) is 24.3 Å². The van der Waals surface area contributed by atoms with E-state index in [9.17, 15) is 21.4 Å². The molecule has 0 radical (unpaired) electrons. The van der Waals surface area contributed by atoms with E-state index in [4.69, 9.17) is 9.47 Å². The molecule has 0 saturated carbocycles. The molecule has 0 aliphatic heterocycles. The number of hydrogen-bond donors (Lipinski definition) is 0. The van der Waals surface area contributed by atoms with Crippen LogP contribution in [0.5, 0.6) is 23.0 Å². The standard InChI is InChI=1S/C26H22O7PS2/c1-35(28,29)25-15-7-21(8-16-25)32-19-3-11-23(12-4-19)34(27)24-13-5-20(6-14-24)33-22-9-17-26(18-10-22)36(2,30)31/h3-18H,1-2H3/q+1. The summed E-state index contributed by atoms with van der Waals surface area (Å²) in [5.41, 5.74) is 0. The van der Waals surface area contributed by atoms with Gasteiger partial charge in [0.05, 0.1) is 9.79 Å². The van der Waals surface area contributed by atoms with Crippen molar-refractivity contribution in [2.75, 3.05) is 12.5 Å². The first-order chi connectivity index (χ1) is 17.0. The third kappa shape index (κ3) is 6.37. The lowest BCUT2D eigenvalue weighted by Gasteiger charge is -2.06. The van der Waals surface area contributed by atoms with Gasteiger partial charge in [-0.3, -0.25) is 0 Å². The second-order valence-corrected chi connectivity index (χ2v) is 13.6. The lowest BCUT2D eigenvalue weighted by atomic mass is 10.3. The zero-order valence-electron chi connectivity index (χ0n) is 19.4. The maximum absolute atomic E-state index is 13.0. The number of ether oxygens (including phenoxy) is 2. The molecule has 4 rings (SSSR count). The molecule has 36 heavy (non-hydrogen) atoms. The molecule has 0 N–H and O–H groups in total. The van der Waals surface area contributed by atoms with Crippen molar-refractivity contribution in [2.24, 2.45) is 0 Å². The van der Waals surface area contributed by atoms with Gasteiger partial charge in [-0.15, -0.1) is 0 Å². The average molecular weight is 542 g/mol. The average Bonchev–Trinajstić information content (AvgIpc) is 2.84. The minimum absolute atomic E-state index is 0.212. The molecule has 10 heteroatoms.